The van der Waals surface area contributed by atoms with Gasteiger partial charge in [0.1, 0.15) is 12.1 Å². The third-order valence-electron chi connectivity index (χ3n) is 3.20. The molecule has 0 bridgehead atoms. The average Bonchev–Trinajstić information content (AvgIpc) is 2.35. The Hall–Kier alpha value is -1.10. The van der Waals surface area contributed by atoms with Crippen LogP contribution >= 0.6 is 0 Å². The summed E-state index contributed by atoms with van der Waals surface area (Å²) in [7, 11) is 0. The van der Waals surface area contributed by atoms with Crippen molar-refractivity contribution in [2.45, 2.75) is 52.1 Å². The molecule has 5 nitrogen and oxygen atoms in total. The van der Waals surface area contributed by atoms with E-state index in [1.807, 2.05) is 6.92 Å². The number of rotatable bonds is 7. The minimum Gasteiger partial charge on any atom is -0.380 e. The molecule has 0 aromatic carbocycles. The summed E-state index contributed by atoms with van der Waals surface area (Å²) in [5.74, 6) is -0.0706. The van der Waals surface area contributed by atoms with Crippen molar-refractivity contribution < 1.29 is 14.3 Å². The lowest BCUT2D eigenvalue weighted by atomic mass is 10.1. The first-order valence-electron chi connectivity index (χ1n) is 6.80. The molecule has 2 amide bonds. The van der Waals surface area contributed by atoms with Crippen LogP contribution in [0.3, 0.4) is 0 Å². The second-order valence-corrected chi connectivity index (χ2v) is 4.65. The van der Waals surface area contributed by atoms with Crippen molar-refractivity contribution in [3.63, 3.8) is 0 Å². The third kappa shape index (κ3) is 3.70. The first kappa shape index (κ1) is 15.0. The highest BCUT2D eigenvalue weighted by Crippen LogP contribution is 2.12. The van der Waals surface area contributed by atoms with Crippen LogP contribution in [0.15, 0.2) is 0 Å². The fourth-order valence-electron chi connectivity index (χ4n) is 2.10. The number of unbranched alkanes of at least 4 members (excludes halogenated alkanes) is 1. The van der Waals surface area contributed by atoms with Crippen molar-refractivity contribution in [2.24, 2.45) is 0 Å². The predicted molar refractivity (Wildman–Crippen MR) is 69.1 cm³/mol. The molecule has 1 fully saturated rings. The minimum absolute atomic E-state index is 0.0134. The second kappa shape index (κ2) is 7.36. The maximum atomic E-state index is 12.0. The zero-order chi connectivity index (χ0) is 13.5. The van der Waals surface area contributed by atoms with E-state index in [4.69, 9.17) is 4.74 Å². The van der Waals surface area contributed by atoms with Gasteiger partial charge in [-0.05, 0) is 19.8 Å². The molecule has 1 N–H and O–H groups in total. The molecule has 1 aliphatic heterocycles. The molecule has 18 heavy (non-hydrogen) atoms. The molecule has 0 aromatic heterocycles. The van der Waals surface area contributed by atoms with Gasteiger partial charge in [0.2, 0.25) is 11.8 Å². The van der Waals surface area contributed by atoms with E-state index in [0.717, 1.165) is 19.4 Å². The molecule has 1 heterocycles. The van der Waals surface area contributed by atoms with Gasteiger partial charge in [-0.25, -0.2) is 0 Å². The Morgan fingerprint density at radius 2 is 2.00 bits per heavy atom. The Labute approximate surface area is 109 Å². The van der Waals surface area contributed by atoms with Crippen LogP contribution in [-0.4, -0.2) is 48.6 Å². The summed E-state index contributed by atoms with van der Waals surface area (Å²) in [6.45, 7) is 7.46. The van der Waals surface area contributed by atoms with E-state index < -0.39 is 6.04 Å². The van der Waals surface area contributed by atoms with E-state index in [-0.39, 0.29) is 17.9 Å². The Balaban J connectivity index is 2.47. The van der Waals surface area contributed by atoms with Crippen LogP contribution < -0.4 is 5.32 Å². The normalized spacial score (nSPS) is 24.3. The van der Waals surface area contributed by atoms with E-state index in [9.17, 15) is 9.59 Å². The summed E-state index contributed by atoms with van der Waals surface area (Å²) in [6, 6.07) is -0.764. The highest BCUT2D eigenvalue weighted by atomic mass is 16.5. The van der Waals surface area contributed by atoms with Gasteiger partial charge in [-0.15, -0.1) is 0 Å². The van der Waals surface area contributed by atoms with Gasteiger partial charge in [-0.3, -0.25) is 9.59 Å². The summed E-state index contributed by atoms with van der Waals surface area (Å²) >= 11 is 0. The number of amides is 2. The first-order chi connectivity index (χ1) is 8.61. The summed E-state index contributed by atoms with van der Waals surface area (Å²) in [6.07, 6.45) is 2.76. The van der Waals surface area contributed by atoms with Crippen LogP contribution in [0.2, 0.25) is 0 Å². The maximum Gasteiger partial charge on any atom is 0.245 e. The largest absolute Gasteiger partial charge is 0.380 e. The molecular formula is C13H24N2O3. The lowest BCUT2D eigenvalue weighted by Crippen LogP contribution is -2.62. The van der Waals surface area contributed by atoms with Crippen molar-refractivity contribution in [1.82, 2.24) is 10.2 Å². The van der Waals surface area contributed by atoms with E-state index in [1.165, 1.54) is 0 Å². The van der Waals surface area contributed by atoms with Crippen LogP contribution in [0.5, 0.6) is 0 Å². The molecule has 1 rings (SSSR count). The molecule has 0 spiro atoms. The molecule has 0 radical (unpaired) electrons. The SMILES string of the molecule is CCCCOCCN1C(=O)C(C)NC(=O)C1CC. The lowest BCUT2D eigenvalue weighted by Gasteiger charge is -2.37. The van der Waals surface area contributed by atoms with Gasteiger partial charge in [-0.1, -0.05) is 20.3 Å². The first-order valence-corrected chi connectivity index (χ1v) is 6.80. The smallest absolute Gasteiger partial charge is 0.245 e. The standard InChI is InChI=1S/C13H24N2O3/c1-4-6-8-18-9-7-15-11(5-2)12(16)14-10(3)13(15)17/h10-11H,4-9H2,1-3H3,(H,14,16). The van der Waals surface area contributed by atoms with Gasteiger partial charge < -0.3 is 15.0 Å². The lowest BCUT2D eigenvalue weighted by molar-refractivity contribution is -0.149. The zero-order valence-electron chi connectivity index (χ0n) is 11.6. The molecule has 5 heteroatoms. The summed E-state index contributed by atoms with van der Waals surface area (Å²) in [4.78, 5) is 25.4. The fourth-order valence-corrected chi connectivity index (χ4v) is 2.10. The van der Waals surface area contributed by atoms with E-state index in [1.54, 1.807) is 11.8 Å². The van der Waals surface area contributed by atoms with Crippen LogP contribution in [0, 0.1) is 0 Å². The number of nitrogens with zero attached hydrogens (tertiary/aromatic N) is 1. The molecule has 0 aromatic rings. The van der Waals surface area contributed by atoms with Crippen LogP contribution in [0.4, 0.5) is 0 Å². The van der Waals surface area contributed by atoms with Crippen LogP contribution in [0.25, 0.3) is 0 Å². The van der Waals surface area contributed by atoms with E-state index in [2.05, 4.69) is 12.2 Å². The summed E-state index contributed by atoms with van der Waals surface area (Å²) < 4.78 is 5.46. The number of nitrogens with one attached hydrogen (secondary N) is 1. The van der Waals surface area contributed by atoms with Gasteiger partial charge >= 0.3 is 0 Å². The van der Waals surface area contributed by atoms with Crippen LogP contribution in [0.1, 0.15) is 40.0 Å². The predicted octanol–water partition coefficient (Wildman–Crippen LogP) is 0.929. The number of hydrogen-bond acceptors (Lipinski definition) is 3. The molecule has 2 atom stereocenters. The van der Waals surface area contributed by atoms with Crippen molar-refractivity contribution in [3.8, 4) is 0 Å². The van der Waals surface area contributed by atoms with Crippen molar-refractivity contribution >= 4 is 11.8 Å². The highest BCUT2D eigenvalue weighted by molar-refractivity contribution is 5.96. The molecule has 0 saturated carbocycles. The van der Waals surface area contributed by atoms with Gasteiger partial charge in [0.25, 0.3) is 0 Å². The number of hydrogen-bond donors (Lipinski definition) is 1. The Morgan fingerprint density at radius 3 is 2.61 bits per heavy atom. The quantitative estimate of drug-likeness (QED) is 0.689. The highest BCUT2D eigenvalue weighted by Gasteiger charge is 2.36. The summed E-state index contributed by atoms with van der Waals surface area (Å²) in [5.41, 5.74) is 0. The number of ether oxygens (including phenoxy) is 1. The fraction of sp³-hybridized carbons (Fsp3) is 0.846. The zero-order valence-corrected chi connectivity index (χ0v) is 11.6. The average molecular weight is 256 g/mol. The van der Waals surface area contributed by atoms with Crippen LogP contribution in [-0.2, 0) is 14.3 Å². The maximum absolute atomic E-state index is 12.0. The monoisotopic (exact) mass is 256 g/mol. The summed E-state index contributed by atoms with van der Waals surface area (Å²) in [5, 5.41) is 2.70. The Bertz CT molecular complexity index is 294. The second-order valence-electron chi connectivity index (χ2n) is 4.65. The van der Waals surface area contributed by atoms with E-state index >= 15 is 0 Å². The van der Waals surface area contributed by atoms with Gasteiger partial charge in [0.05, 0.1) is 6.61 Å². The van der Waals surface area contributed by atoms with E-state index in [0.29, 0.717) is 19.6 Å². The minimum atomic E-state index is -0.420. The third-order valence-corrected chi connectivity index (χ3v) is 3.20. The molecule has 1 aliphatic rings. The molecule has 104 valence electrons. The van der Waals surface area contributed by atoms with Gasteiger partial charge in [0.15, 0.2) is 0 Å². The number of piperazine rings is 1. The van der Waals surface area contributed by atoms with Crippen molar-refractivity contribution in [2.75, 3.05) is 19.8 Å². The molecule has 0 aliphatic carbocycles. The Kier molecular flexibility index (Phi) is 6.12. The molecule has 2 unspecified atom stereocenters. The van der Waals surface area contributed by atoms with Crippen molar-refractivity contribution in [1.29, 1.82) is 0 Å². The number of carbonyl (C=O) groups excluding carboxylic acids is 2. The van der Waals surface area contributed by atoms with Crippen molar-refractivity contribution in [3.05, 3.63) is 0 Å². The van der Waals surface area contributed by atoms with Gasteiger partial charge in [-0.2, -0.15) is 0 Å². The topological polar surface area (TPSA) is 58.6 Å². The molecular weight excluding hydrogens is 232 g/mol. The molecule has 1 saturated heterocycles. The number of carbonyl (C=O) groups is 2. The Morgan fingerprint density at radius 1 is 1.28 bits per heavy atom. The van der Waals surface area contributed by atoms with Gasteiger partial charge in [0, 0.05) is 13.2 Å².